The Bertz CT molecular complexity index is 286. The molecule has 12 heavy (non-hydrogen) atoms. The molecule has 0 aliphatic carbocycles. The summed E-state index contributed by atoms with van der Waals surface area (Å²) in [5.41, 5.74) is -0.842. The molecule has 0 bridgehead atoms. The van der Waals surface area contributed by atoms with Gasteiger partial charge in [-0.05, 0) is 6.92 Å². The first-order chi connectivity index (χ1) is 5.61. The number of hydrogen-bond acceptors (Lipinski definition) is 4. The molecule has 1 rings (SSSR count). The summed E-state index contributed by atoms with van der Waals surface area (Å²) < 4.78 is 6.20. The highest BCUT2D eigenvalue weighted by molar-refractivity contribution is 6.61. The molecule has 1 heterocycles. The Morgan fingerprint density at radius 1 is 1.83 bits per heavy atom. The SMILES string of the molecule is CC(OC(=O)Cl)c1ncnn1C. The minimum Gasteiger partial charge on any atom is -0.442 e. The van der Waals surface area contributed by atoms with Gasteiger partial charge >= 0.3 is 5.43 Å². The Labute approximate surface area is 74.3 Å². The highest BCUT2D eigenvalue weighted by atomic mass is 35.5. The van der Waals surface area contributed by atoms with Crippen LogP contribution in [0.5, 0.6) is 0 Å². The molecule has 0 aliphatic heterocycles. The fraction of sp³-hybridized carbons (Fsp3) is 0.500. The number of carbonyl (C=O) groups is 1. The second-order valence-corrected chi connectivity index (χ2v) is 2.55. The van der Waals surface area contributed by atoms with Crippen LogP contribution >= 0.6 is 11.6 Å². The smallest absolute Gasteiger partial charge is 0.404 e. The van der Waals surface area contributed by atoms with Gasteiger partial charge in [0.05, 0.1) is 0 Å². The van der Waals surface area contributed by atoms with Gasteiger partial charge in [0.15, 0.2) is 11.9 Å². The first-order valence-corrected chi connectivity index (χ1v) is 3.69. The maximum atomic E-state index is 10.3. The van der Waals surface area contributed by atoms with E-state index in [1.54, 1.807) is 14.0 Å². The van der Waals surface area contributed by atoms with Gasteiger partial charge in [0.1, 0.15) is 6.33 Å². The molecule has 0 radical (unpaired) electrons. The lowest BCUT2D eigenvalue weighted by molar-refractivity contribution is 0.125. The van der Waals surface area contributed by atoms with E-state index in [4.69, 9.17) is 11.6 Å². The van der Waals surface area contributed by atoms with Crippen molar-refractivity contribution in [1.29, 1.82) is 0 Å². The summed E-state index contributed by atoms with van der Waals surface area (Å²) in [4.78, 5) is 14.2. The molecule has 6 heteroatoms. The maximum absolute atomic E-state index is 10.3. The third-order valence-corrected chi connectivity index (χ3v) is 1.47. The van der Waals surface area contributed by atoms with Crippen molar-refractivity contribution >= 4 is 17.0 Å². The van der Waals surface area contributed by atoms with E-state index in [1.165, 1.54) is 11.0 Å². The van der Waals surface area contributed by atoms with E-state index >= 15 is 0 Å². The predicted molar refractivity (Wildman–Crippen MR) is 41.8 cm³/mol. The maximum Gasteiger partial charge on any atom is 0.404 e. The molecule has 0 amide bonds. The molecule has 66 valence electrons. The van der Waals surface area contributed by atoms with Crippen molar-refractivity contribution in [2.24, 2.45) is 7.05 Å². The van der Waals surface area contributed by atoms with E-state index < -0.39 is 11.5 Å². The van der Waals surface area contributed by atoms with E-state index in [0.717, 1.165) is 0 Å². The summed E-state index contributed by atoms with van der Waals surface area (Å²) in [6.45, 7) is 1.67. The zero-order valence-corrected chi connectivity index (χ0v) is 7.45. The lowest BCUT2D eigenvalue weighted by atomic mass is 10.4. The fourth-order valence-corrected chi connectivity index (χ4v) is 0.999. The quantitative estimate of drug-likeness (QED) is 0.657. The van der Waals surface area contributed by atoms with E-state index in [-0.39, 0.29) is 0 Å². The minimum absolute atomic E-state index is 0.470. The molecule has 0 aromatic carbocycles. The van der Waals surface area contributed by atoms with Crippen LogP contribution in [0.4, 0.5) is 4.79 Å². The Morgan fingerprint density at radius 2 is 2.50 bits per heavy atom. The van der Waals surface area contributed by atoms with Gasteiger partial charge in [0.25, 0.3) is 0 Å². The van der Waals surface area contributed by atoms with Crippen molar-refractivity contribution < 1.29 is 9.53 Å². The molecule has 5 nitrogen and oxygen atoms in total. The van der Waals surface area contributed by atoms with Gasteiger partial charge in [-0.3, -0.25) is 0 Å². The average Bonchev–Trinajstić information content (AvgIpc) is 2.33. The van der Waals surface area contributed by atoms with Crippen LogP contribution in [0.15, 0.2) is 6.33 Å². The Balaban J connectivity index is 2.71. The Morgan fingerprint density at radius 3 is 2.92 bits per heavy atom. The van der Waals surface area contributed by atoms with Gasteiger partial charge in [0, 0.05) is 18.6 Å². The highest BCUT2D eigenvalue weighted by Crippen LogP contribution is 2.13. The molecule has 1 aromatic heterocycles. The Hall–Kier alpha value is -1.10. The number of halogens is 1. The van der Waals surface area contributed by atoms with Crippen molar-refractivity contribution in [3.05, 3.63) is 12.2 Å². The normalized spacial score (nSPS) is 12.6. The van der Waals surface area contributed by atoms with Gasteiger partial charge in [-0.15, -0.1) is 0 Å². The number of carbonyl (C=O) groups excluding carboxylic acids is 1. The zero-order chi connectivity index (χ0) is 9.14. The number of aryl methyl sites for hydroxylation is 1. The van der Waals surface area contributed by atoms with E-state index in [9.17, 15) is 4.79 Å². The lowest BCUT2D eigenvalue weighted by Crippen LogP contribution is -2.08. The van der Waals surface area contributed by atoms with Crippen molar-refractivity contribution in [3.63, 3.8) is 0 Å². The van der Waals surface area contributed by atoms with E-state index in [0.29, 0.717) is 5.82 Å². The summed E-state index contributed by atoms with van der Waals surface area (Å²) in [7, 11) is 1.71. The van der Waals surface area contributed by atoms with Gasteiger partial charge in [-0.2, -0.15) is 5.10 Å². The third-order valence-electron chi connectivity index (χ3n) is 1.38. The molecule has 1 unspecified atom stereocenters. The van der Waals surface area contributed by atoms with Gasteiger partial charge in [-0.25, -0.2) is 14.5 Å². The number of hydrogen-bond donors (Lipinski definition) is 0. The molecule has 0 N–H and O–H groups in total. The van der Waals surface area contributed by atoms with Crippen molar-refractivity contribution in [1.82, 2.24) is 14.8 Å². The first kappa shape index (κ1) is 8.99. The molecular weight excluding hydrogens is 182 g/mol. The summed E-state index contributed by atoms with van der Waals surface area (Å²) >= 11 is 5.02. The summed E-state index contributed by atoms with van der Waals surface area (Å²) in [6.07, 6.45) is 0.913. The molecule has 0 aliphatic rings. The number of ether oxygens (including phenoxy) is 1. The number of rotatable bonds is 2. The third kappa shape index (κ3) is 1.94. The van der Waals surface area contributed by atoms with Crippen LogP contribution in [0, 0.1) is 0 Å². The fourth-order valence-electron chi connectivity index (χ4n) is 0.865. The largest absolute Gasteiger partial charge is 0.442 e. The standard InChI is InChI=1S/C6H8ClN3O2/c1-4(12-6(7)11)5-8-3-9-10(5)2/h3-4H,1-2H3. The summed E-state index contributed by atoms with van der Waals surface area (Å²) in [5.74, 6) is 0.559. The molecule has 0 spiro atoms. The number of nitrogens with zero attached hydrogens (tertiary/aromatic N) is 3. The van der Waals surface area contributed by atoms with Crippen molar-refractivity contribution in [2.45, 2.75) is 13.0 Å². The topological polar surface area (TPSA) is 57.0 Å². The monoisotopic (exact) mass is 189 g/mol. The van der Waals surface area contributed by atoms with Crippen LogP contribution in [0.2, 0.25) is 0 Å². The highest BCUT2D eigenvalue weighted by Gasteiger charge is 2.14. The van der Waals surface area contributed by atoms with E-state index in [2.05, 4.69) is 14.8 Å². The second-order valence-electron chi connectivity index (χ2n) is 2.24. The first-order valence-electron chi connectivity index (χ1n) is 3.31. The summed E-state index contributed by atoms with van der Waals surface area (Å²) in [5, 5.41) is 3.82. The molecule has 0 saturated carbocycles. The van der Waals surface area contributed by atoms with Gasteiger partial charge < -0.3 is 4.74 Å². The molecule has 0 saturated heterocycles. The molecule has 1 atom stereocenters. The molecule has 1 aromatic rings. The van der Waals surface area contributed by atoms with Crippen LogP contribution in [0.1, 0.15) is 18.9 Å². The average molecular weight is 190 g/mol. The van der Waals surface area contributed by atoms with Gasteiger partial charge in [0.2, 0.25) is 0 Å². The zero-order valence-electron chi connectivity index (χ0n) is 6.69. The summed E-state index contributed by atoms with van der Waals surface area (Å²) in [6, 6.07) is 0. The number of aromatic nitrogens is 3. The Kier molecular flexibility index (Phi) is 2.65. The molecule has 0 fully saturated rings. The van der Waals surface area contributed by atoms with Crippen molar-refractivity contribution in [2.75, 3.05) is 0 Å². The van der Waals surface area contributed by atoms with Gasteiger partial charge in [-0.1, -0.05) is 0 Å². The minimum atomic E-state index is -0.842. The van der Waals surface area contributed by atoms with Crippen LogP contribution in [-0.4, -0.2) is 20.2 Å². The van der Waals surface area contributed by atoms with Crippen LogP contribution < -0.4 is 0 Å². The van der Waals surface area contributed by atoms with E-state index in [1.807, 2.05) is 0 Å². The molecular formula is C6H8ClN3O2. The lowest BCUT2D eigenvalue weighted by Gasteiger charge is -2.08. The van der Waals surface area contributed by atoms with Crippen molar-refractivity contribution in [3.8, 4) is 0 Å². The predicted octanol–water partition coefficient (Wildman–Crippen LogP) is 1.25. The van der Waals surface area contributed by atoms with Crippen LogP contribution in [0.25, 0.3) is 0 Å². The van der Waals surface area contributed by atoms with Crippen LogP contribution in [0.3, 0.4) is 0 Å². The second kappa shape index (κ2) is 3.53. The van der Waals surface area contributed by atoms with Crippen LogP contribution in [-0.2, 0) is 11.8 Å².